The van der Waals surface area contributed by atoms with E-state index in [0.29, 0.717) is 9.87 Å². The average molecular weight is 314 g/mol. The van der Waals surface area contributed by atoms with Crippen molar-refractivity contribution in [3.63, 3.8) is 0 Å². The number of nitro benzene ring substituents is 1. The van der Waals surface area contributed by atoms with Crippen molar-refractivity contribution in [1.82, 2.24) is 4.31 Å². The van der Waals surface area contributed by atoms with E-state index in [1.165, 1.54) is 25.1 Å². The maximum absolute atomic E-state index is 12.4. The molecular weight excluding hydrogens is 300 g/mol. The molecule has 1 aromatic rings. The van der Waals surface area contributed by atoms with E-state index < -0.39 is 27.5 Å². The number of nitrogens with zero attached hydrogens (tertiary/aromatic N) is 2. The SMILES string of the molecule is C=CCN(CC(=O)O)S(=O)(=O)c1cc([N+](=O)[O-])ccc1C. The largest absolute Gasteiger partial charge is 0.480 e. The van der Waals surface area contributed by atoms with Crippen LogP contribution in [0.2, 0.25) is 0 Å². The number of rotatable bonds is 7. The predicted molar refractivity (Wildman–Crippen MR) is 74.4 cm³/mol. The minimum atomic E-state index is -4.17. The molecule has 0 aliphatic heterocycles. The summed E-state index contributed by atoms with van der Waals surface area (Å²) in [5.74, 6) is -1.33. The highest BCUT2D eigenvalue weighted by atomic mass is 32.2. The molecule has 0 aliphatic carbocycles. The summed E-state index contributed by atoms with van der Waals surface area (Å²) in [7, 11) is -4.17. The summed E-state index contributed by atoms with van der Waals surface area (Å²) in [5.41, 5.74) is -0.0897. The molecule has 0 aliphatic rings. The van der Waals surface area contributed by atoms with Gasteiger partial charge in [-0.2, -0.15) is 4.31 Å². The van der Waals surface area contributed by atoms with Crippen LogP contribution in [-0.2, 0) is 14.8 Å². The molecule has 0 aromatic heterocycles. The Morgan fingerprint density at radius 1 is 1.52 bits per heavy atom. The number of non-ortho nitro benzene ring substituents is 1. The van der Waals surface area contributed by atoms with E-state index in [0.717, 1.165) is 6.07 Å². The van der Waals surface area contributed by atoms with Crippen molar-refractivity contribution in [3.8, 4) is 0 Å². The van der Waals surface area contributed by atoms with Gasteiger partial charge in [0.25, 0.3) is 5.69 Å². The number of hydrogen-bond donors (Lipinski definition) is 1. The van der Waals surface area contributed by atoms with Gasteiger partial charge >= 0.3 is 5.97 Å². The minimum absolute atomic E-state index is 0.212. The smallest absolute Gasteiger partial charge is 0.318 e. The molecule has 114 valence electrons. The number of carboxylic acid groups (broad SMARTS) is 1. The van der Waals surface area contributed by atoms with E-state index in [-0.39, 0.29) is 17.1 Å². The molecular formula is C12H14N2O6S. The van der Waals surface area contributed by atoms with Crippen molar-refractivity contribution in [3.05, 3.63) is 46.5 Å². The van der Waals surface area contributed by atoms with E-state index in [1.807, 2.05) is 0 Å². The van der Waals surface area contributed by atoms with Gasteiger partial charge < -0.3 is 5.11 Å². The van der Waals surface area contributed by atoms with Crippen molar-refractivity contribution in [2.45, 2.75) is 11.8 Å². The third kappa shape index (κ3) is 3.86. The van der Waals surface area contributed by atoms with Crippen LogP contribution >= 0.6 is 0 Å². The zero-order valence-corrected chi connectivity index (χ0v) is 12.0. The summed E-state index contributed by atoms with van der Waals surface area (Å²) in [5, 5.41) is 19.5. The summed E-state index contributed by atoms with van der Waals surface area (Å²) < 4.78 is 25.6. The molecule has 0 saturated heterocycles. The Morgan fingerprint density at radius 3 is 2.62 bits per heavy atom. The van der Waals surface area contributed by atoms with Gasteiger partial charge in [-0.25, -0.2) is 8.42 Å². The van der Waals surface area contributed by atoms with Crippen molar-refractivity contribution < 1.29 is 23.2 Å². The van der Waals surface area contributed by atoms with Gasteiger partial charge in [0.15, 0.2) is 0 Å². The number of aliphatic carboxylic acids is 1. The zero-order chi connectivity index (χ0) is 16.2. The number of aryl methyl sites for hydroxylation is 1. The van der Waals surface area contributed by atoms with Crippen LogP contribution in [0.15, 0.2) is 35.7 Å². The molecule has 0 fully saturated rings. The second-order valence-electron chi connectivity index (χ2n) is 4.19. The van der Waals surface area contributed by atoms with Crippen molar-refractivity contribution in [2.75, 3.05) is 13.1 Å². The van der Waals surface area contributed by atoms with Gasteiger partial charge in [0, 0.05) is 18.7 Å². The number of carboxylic acids is 1. The van der Waals surface area contributed by atoms with Crippen LogP contribution in [0.4, 0.5) is 5.69 Å². The highest BCUT2D eigenvalue weighted by Crippen LogP contribution is 2.24. The lowest BCUT2D eigenvalue weighted by atomic mass is 10.2. The first kappa shape index (κ1) is 16.8. The van der Waals surface area contributed by atoms with Gasteiger partial charge in [-0.05, 0) is 12.5 Å². The first-order chi connectivity index (χ1) is 9.70. The fraction of sp³-hybridized carbons (Fsp3) is 0.250. The molecule has 1 aromatic carbocycles. The maximum Gasteiger partial charge on any atom is 0.318 e. The van der Waals surface area contributed by atoms with Crippen molar-refractivity contribution >= 4 is 21.7 Å². The lowest BCUT2D eigenvalue weighted by molar-refractivity contribution is -0.385. The van der Waals surface area contributed by atoms with E-state index in [9.17, 15) is 23.3 Å². The highest BCUT2D eigenvalue weighted by molar-refractivity contribution is 7.89. The Morgan fingerprint density at radius 2 is 2.14 bits per heavy atom. The molecule has 0 spiro atoms. The monoisotopic (exact) mass is 314 g/mol. The highest BCUT2D eigenvalue weighted by Gasteiger charge is 2.28. The molecule has 1 rings (SSSR count). The zero-order valence-electron chi connectivity index (χ0n) is 11.2. The number of sulfonamides is 1. The number of carbonyl (C=O) groups is 1. The summed E-state index contributed by atoms with van der Waals surface area (Å²) in [6, 6.07) is 3.41. The second-order valence-corrected chi connectivity index (χ2v) is 6.09. The van der Waals surface area contributed by atoms with Crippen LogP contribution in [0.25, 0.3) is 0 Å². The van der Waals surface area contributed by atoms with Gasteiger partial charge in [-0.1, -0.05) is 12.1 Å². The Balaban J connectivity index is 3.39. The summed E-state index contributed by atoms with van der Waals surface area (Å²) >= 11 is 0. The van der Waals surface area contributed by atoms with Gasteiger partial charge in [0.1, 0.15) is 6.54 Å². The molecule has 8 nitrogen and oxygen atoms in total. The fourth-order valence-electron chi connectivity index (χ4n) is 1.66. The second kappa shape index (κ2) is 6.46. The lowest BCUT2D eigenvalue weighted by Gasteiger charge is -2.19. The van der Waals surface area contributed by atoms with Crippen LogP contribution < -0.4 is 0 Å². The Bertz CT molecular complexity index is 683. The van der Waals surface area contributed by atoms with E-state index in [1.54, 1.807) is 0 Å². The molecule has 0 atom stereocenters. The molecule has 0 radical (unpaired) electrons. The standard InChI is InChI=1S/C12H14N2O6S/c1-3-6-13(8-12(15)16)21(19,20)11-7-10(14(17)18)5-4-9(11)2/h3-5,7H,1,6,8H2,2H3,(H,15,16). The Kier molecular flexibility index (Phi) is 5.17. The first-order valence-electron chi connectivity index (χ1n) is 5.78. The molecule has 0 amide bonds. The van der Waals surface area contributed by atoms with Crippen molar-refractivity contribution in [1.29, 1.82) is 0 Å². The third-order valence-electron chi connectivity index (χ3n) is 2.64. The molecule has 0 heterocycles. The van der Waals surface area contributed by atoms with E-state index in [4.69, 9.17) is 5.11 Å². The lowest BCUT2D eigenvalue weighted by Crippen LogP contribution is -2.36. The van der Waals surface area contributed by atoms with Crippen LogP contribution in [0, 0.1) is 17.0 Å². The minimum Gasteiger partial charge on any atom is -0.480 e. The van der Waals surface area contributed by atoms with E-state index >= 15 is 0 Å². The topological polar surface area (TPSA) is 118 Å². The van der Waals surface area contributed by atoms with Crippen LogP contribution in [-0.4, -0.2) is 41.8 Å². The van der Waals surface area contributed by atoms with Gasteiger partial charge in [0.05, 0.1) is 9.82 Å². The maximum atomic E-state index is 12.4. The molecule has 21 heavy (non-hydrogen) atoms. The number of benzene rings is 1. The number of nitro groups is 1. The molecule has 1 N–H and O–H groups in total. The van der Waals surface area contributed by atoms with Crippen LogP contribution in [0.5, 0.6) is 0 Å². The Hall–Kier alpha value is -2.26. The van der Waals surface area contributed by atoms with Crippen LogP contribution in [0.1, 0.15) is 5.56 Å². The number of hydrogen-bond acceptors (Lipinski definition) is 5. The molecule has 0 saturated carbocycles. The van der Waals surface area contributed by atoms with Gasteiger partial charge in [-0.3, -0.25) is 14.9 Å². The normalized spacial score (nSPS) is 11.3. The first-order valence-corrected chi connectivity index (χ1v) is 7.22. The quantitative estimate of drug-likeness (QED) is 0.458. The molecule has 0 bridgehead atoms. The third-order valence-corrected chi connectivity index (χ3v) is 4.60. The van der Waals surface area contributed by atoms with Crippen molar-refractivity contribution in [2.24, 2.45) is 0 Å². The van der Waals surface area contributed by atoms with Crippen LogP contribution in [0.3, 0.4) is 0 Å². The molecule has 9 heteroatoms. The Labute approximate surface area is 121 Å². The van der Waals surface area contributed by atoms with E-state index in [2.05, 4.69) is 6.58 Å². The van der Waals surface area contributed by atoms with Gasteiger partial charge in [0.2, 0.25) is 10.0 Å². The van der Waals surface area contributed by atoms with Gasteiger partial charge in [-0.15, -0.1) is 6.58 Å². The average Bonchev–Trinajstić information content (AvgIpc) is 2.37. The summed E-state index contributed by atoms with van der Waals surface area (Å²) in [6.45, 7) is 3.89. The molecule has 0 unspecified atom stereocenters. The fourth-order valence-corrected chi connectivity index (χ4v) is 3.27. The predicted octanol–water partition coefficient (Wildman–Crippen LogP) is 1.16. The summed E-state index contributed by atoms with van der Waals surface area (Å²) in [6.07, 6.45) is 1.24. The summed E-state index contributed by atoms with van der Waals surface area (Å²) in [4.78, 5) is 20.5.